The summed E-state index contributed by atoms with van der Waals surface area (Å²) < 4.78 is 9.99. The Morgan fingerprint density at radius 1 is 1.62 bits per heavy atom. The van der Waals surface area contributed by atoms with E-state index in [1.165, 1.54) is 12.0 Å². The third-order valence-electron chi connectivity index (χ3n) is 2.14. The molecule has 1 amide bonds. The monoisotopic (exact) mass is 227 g/mol. The summed E-state index contributed by atoms with van der Waals surface area (Å²) in [7, 11) is 3.11. The van der Waals surface area contributed by atoms with Crippen LogP contribution in [-0.2, 0) is 4.74 Å². The van der Waals surface area contributed by atoms with Gasteiger partial charge in [0.05, 0.1) is 12.7 Å². The summed E-state index contributed by atoms with van der Waals surface area (Å²) in [5.74, 6) is 0.724. The molecule has 0 bridgehead atoms. The van der Waals surface area contributed by atoms with Crippen LogP contribution in [0.2, 0.25) is 0 Å². The van der Waals surface area contributed by atoms with Gasteiger partial charge in [-0.25, -0.2) is 0 Å². The van der Waals surface area contributed by atoms with E-state index in [0.717, 1.165) is 0 Å². The Labute approximate surface area is 94.6 Å². The fourth-order valence-corrected chi connectivity index (χ4v) is 1.38. The minimum atomic E-state index is -0.685. The summed E-state index contributed by atoms with van der Waals surface area (Å²) in [5, 5.41) is 9.47. The fourth-order valence-electron chi connectivity index (χ4n) is 1.38. The highest BCUT2D eigenvalue weighted by molar-refractivity contribution is 5.91. The summed E-state index contributed by atoms with van der Waals surface area (Å²) in [6.45, 7) is 2.19. The standard InChI is InChI=1S/C11H17NO4/c1-8-4-5-10(16-8)11(14)12(2)6-9(13)7-15-3/h4-5,9,13H,6-7H2,1-3H3. The highest BCUT2D eigenvalue weighted by atomic mass is 16.5. The SMILES string of the molecule is COCC(O)CN(C)C(=O)c1ccc(C)o1. The van der Waals surface area contributed by atoms with Crippen molar-refractivity contribution in [3.05, 3.63) is 23.7 Å². The quantitative estimate of drug-likeness (QED) is 0.803. The van der Waals surface area contributed by atoms with Crippen LogP contribution in [0, 0.1) is 6.92 Å². The second kappa shape index (κ2) is 5.67. The molecule has 1 N–H and O–H groups in total. The minimum Gasteiger partial charge on any atom is -0.456 e. The largest absolute Gasteiger partial charge is 0.456 e. The predicted molar refractivity (Wildman–Crippen MR) is 58.3 cm³/mol. The van der Waals surface area contributed by atoms with Gasteiger partial charge in [0.1, 0.15) is 5.76 Å². The van der Waals surface area contributed by atoms with E-state index in [1.54, 1.807) is 26.1 Å². The molecule has 5 heteroatoms. The Kier molecular flexibility index (Phi) is 4.52. The van der Waals surface area contributed by atoms with Gasteiger partial charge in [-0.1, -0.05) is 0 Å². The van der Waals surface area contributed by atoms with E-state index >= 15 is 0 Å². The van der Waals surface area contributed by atoms with E-state index in [0.29, 0.717) is 5.76 Å². The number of carbonyl (C=O) groups is 1. The summed E-state index contributed by atoms with van der Waals surface area (Å²) in [6, 6.07) is 3.35. The van der Waals surface area contributed by atoms with Crippen molar-refractivity contribution >= 4 is 5.91 Å². The second-order valence-electron chi connectivity index (χ2n) is 3.71. The van der Waals surface area contributed by atoms with Crippen molar-refractivity contribution in [2.75, 3.05) is 27.3 Å². The van der Waals surface area contributed by atoms with Crippen molar-refractivity contribution in [1.29, 1.82) is 0 Å². The van der Waals surface area contributed by atoms with Crippen molar-refractivity contribution in [2.45, 2.75) is 13.0 Å². The maximum absolute atomic E-state index is 11.8. The van der Waals surface area contributed by atoms with Gasteiger partial charge in [0.15, 0.2) is 5.76 Å². The first-order valence-electron chi connectivity index (χ1n) is 5.03. The summed E-state index contributed by atoms with van der Waals surface area (Å²) in [5.41, 5.74) is 0. The Morgan fingerprint density at radius 2 is 2.31 bits per heavy atom. The number of nitrogens with zero attached hydrogens (tertiary/aromatic N) is 1. The number of rotatable bonds is 5. The molecule has 0 fully saturated rings. The van der Waals surface area contributed by atoms with Crippen LogP contribution >= 0.6 is 0 Å². The van der Waals surface area contributed by atoms with Crippen LogP contribution in [0.4, 0.5) is 0 Å². The number of carbonyl (C=O) groups excluding carboxylic acids is 1. The Morgan fingerprint density at radius 3 is 2.81 bits per heavy atom. The topological polar surface area (TPSA) is 62.9 Å². The predicted octanol–water partition coefficient (Wildman–Crippen LogP) is 0.667. The first-order valence-corrected chi connectivity index (χ1v) is 5.03. The average molecular weight is 227 g/mol. The Hall–Kier alpha value is -1.33. The molecule has 0 saturated carbocycles. The van der Waals surface area contributed by atoms with Crippen molar-refractivity contribution in [3.8, 4) is 0 Å². The molecule has 1 rings (SSSR count). The zero-order valence-corrected chi connectivity index (χ0v) is 9.77. The molecule has 1 atom stereocenters. The zero-order chi connectivity index (χ0) is 12.1. The first-order chi connectivity index (χ1) is 7.54. The van der Waals surface area contributed by atoms with Gasteiger partial charge in [0.2, 0.25) is 0 Å². The van der Waals surface area contributed by atoms with Crippen LogP contribution in [0.1, 0.15) is 16.3 Å². The second-order valence-corrected chi connectivity index (χ2v) is 3.71. The zero-order valence-electron chi connectivity index (χ0n) is 9.77. The molecule has 0 aliphatic rings. The molecule has 0 spiro atoms. The molecule has 1 unspecified atom stereocenters. The van der Waals surface area contributed by atoms with Gasteiger partial charge in [-0.05, 0) is 19.1 Å². The van der Waals surface area contributed by atoms with Gasteiger partial charge >= 0.3 is 0 Å². The van der Waals surface area contributed by atoms with Crippen molar-refractivity contribution < 1.29 is 19.1 Å². The molecular weight excluding hydrogens is 210 g/mol. The molecule has 0 aliphatic carbocycles. The first kappa shape index (κ1) is 12.7. The van der Waals surface area contributed by atoms with Gasteiger partial charge < -0.3 is 19.2 Å². The number of aryl methyl sites for hydroxylation is 1. The Bertz CT molecular complexity index is 348. The molecule has 0 aliphatic heterocycles. The van der Waals surface area contributed by atoms with E-state index in [1.807, 2.05) is 0 Å². The lowest BCUT2D eigenvalue weighted by molar-refractivity contribution is 0.0367. The van der Waals surface area contributed by atoms with E-state index in [2.05, 4.69) is 0 Å². The van der Waals surface area contributed by atoms with Crippen LogP contribution in [0.25, 0.3) is 0 Å². The summed E-state index contributed by atoms with van der Waals surface area (Å²) >= 11 is 0. The van der Waals surface area contributed by atoms with Gasteiger partial charge in [-0.3, -0.25) is 4.79 Å². The van der Waals surface area contributed by atoms with Crippen LogP contribution < -0.4 is 0 Å². The number of aliphatic hydroxyl groups excluding tert-OH is 1. The normalized spacial score (nSPS) is 12.5. The summed E-state index contributed by atoms with van der Waals surface area (Å²) in [4.78, 5) is 13.2. The number of aliphatic hydroxyl groups is 1. The molecule has 90 valence electrons. The van der Waals surface area contributed by atoms with E-state index in [-0.39, 0.29) is 24.8 Å². The number of hydrogen-bond donors (Lipinski definition) is 1. The third-order valence-corrected chi connectivity index (χ3v) is 2.14. The van der Waals surface area contributed by atoms with Crippen LogP contribution in [0.15, 0.2) is 16.5 Å². The molecule has 1 heterocycles. The molecule has 0 aromatic carbocycles. The average Bonchev–Trinajstić information content (AvgIpc) is 2.64. The van der Waals surface area contributed by atoms with Crippen LogP contribution in [0.5, 0.6) is 0 Å². The highest BCUT2D eigenvalue weighted by Crippen LogP contribution is 2.09. The van der Waals surface area contributed by atoms with Crippen LogP contribution in [-0.4, -0.2) is 49.3 Å². The van der Waals surface area contributed by atoms with E-state index < -0.39 is 6.10 Å². The maximum atomic E-state index is 11.8. The molecule has 1 aromatic rings. The van der Waals surface area contributed by atoms with Gasteiger partial charge in [-0.2, -0.15) is 0 Å². The van der Waals surface area contributed by atoms with Crippen molar-refractivity contribution in [1.82, 2.24) is 4.90 Å². The number of amides is 1. The number of likely N-dealkylation sites (N-methyl/N-ethyl adjacent to an activating group) is 1. The third kappa shape index (κ3) is 3.36. The molecule has 1 aromatic heterocycles. The molecule has 0 radical (unpaired) electrons. The fraction of sp³-hybridized carbons (Fsp3) is 0.545. The number of furan rings is 1. The van der Waals surface area contributed by atoms with Crippen LogP contribution in [0.3, 0.4) is 0 Å². The van der Waals surface area contributed by atoms with E-state index in [4.69, 9.17) is 9.15 Å². The van der Waals surface area contributed by atoms with Crippen molar-refractivity contribution in [2.24, 2.45) is 0 Å². The number of hydrogen-bond acceptors (Lipinski definition) is 4. The van der Waals surface area contributed by atoms with Gasteiger partial charge in [-0.15, -0.1) is 0 Å². The molecule has 5 nitrogen and oxygen atoms in total. The molecular formula is C11H17NO4. The highest BCUT2D eigenvalue weighted by Gasteiger charge is 2.17. The molecule has 16 heavy (non-hydrogen) atoms. The smallest absolute Gasteiger partial charge is 0.289 e. The minimum absolute atomic E-state index is 0.203. The van der Waals surface area contributed by atoms with Gasteiger partial charge in [0.25, 0.3) is 5.91 Å². The van der Waals surface area contributed by atoms with Gasteiger partial charge in [0, 0.05) is 20.7 Å². The number of methoxy groups -OCH3 is 1. The number of ether oxygens (including phenoxy) is 1. The molecule has 0 saturated heterocycles. The maximum Gasteiger partial charge on any atom is 0.289 e. The lowest BCUT2D eigenvalue weighted by Gasteiger charge is -2.19. The Balaban J connectivity index is 2.54. The van der Waals surface area contributed by atoms with E-state index in [9.17, 15) is 9.90 Å². The van der Waals surface area contributed by atoms with Crippen molar-refractivity contribution in [3.63, 3.8) is 0 Å². The lowest BCUT2D eigenvalue weighted by atomic mass is 10.3. The summed E-state index contributed by atoms with van der Waals surface area (Å²) in [6.07, 6.45) is -0.685. The lowest BCUT2D eigenvalue weighted by Crippen LogP contribution is -2.36.